The number of aromatic nitrogens is 2. The van der Waals surface area contributed by atoms with E-state index >= 15 is 0 Å². The molecule has 2 N–H and O–H groups in total. The highest BCUT2D eigenvalue weighted by atomic mass is 35.5. The molecule has 1 aromatic heterocycles. The molecule has 17 heavy (non-hydrogen) atoms. The molecule has 2 aromatic rings. The number of ether oxygens (including phenoxy) is 1. The third-order valence-electron chi connectivity index (χ3n) is 2.12. The summed E-state index contributed by atoms with van der Waals surface area (Å²) in [5.74, 6) is 0.831. The molecule has 0 saturated carbocycles. The summed E-state index contributed by atoms with van der Waals surface area (Å²) in [5.41, 5.74) is 6.90. The number of halogens is 1. The zero-order chi connectivity index (χ0) is 12.3. The molecule has 0 radical (unpaired) electrons. The van der Waals surface area contributed by atoms with Crippen molar-refractivity contribution in [2.75, 3.05) is 12.3 Å². The Morgan fingerprint density at radius 3 is 3.06 bits per heavy atom. The fourth-order valence-electron chi connectivity index (χ4n) is 1.32. The topological polar surface area (TPSA) is 74.2 Å². The Morgan fingerprint density at radius 2 is 2.29 bits per heavy atom. The minimum absolute atomic E-state index is 0.319. The fourth-order valence-corrected chi connectivity index (χ4v) is 1.52. The van der Waals surface area contributed by atoms with Crippen LogP contribution in [-0.2, 0) is 11.3 Å². The van der Waals surface area contributed by atoms with E-state index < -0.39 is 0 Å². The molecule has 0 spiro atoms. The Kier molecular flexibility index (Phi) is 3.61. The summed E-state index contributed by atoms with van der Waals surface area (Å²) in [6.07, 6.45) is 0. The Morgan fingerprint density at radius 1 is 1.47 bits per heavy atom. The van der Waals surface area contributed by atoms with Crippen LogP contribution in [0.1, 0.15) is 12.7 Å². The lowest BCUT2D eigenvalue weighted by molar-refractivity contribution is 0.126. The summed E-state index contributed by atoms with van der Waals surface area (Å²) in [6.45, 7) is 2.82. The van der Waals surface area contributed by atoms with Gasteiger partial charge < -0.3 is 15.0 Å². The third kappa shape index (κ3) is 2.75. The summed E-state index contributed by atoms with van der Waals surface area (Å²) < 4.78 is 10.3. The average molecular weight is 254 g/mol. The van der Waals surface area contributed by atoms with Gasteiger partial charge in [-0.25, -0.2) is 0 Å². The first kappa shape index (κ1) is 11.9. The van der Waals surface area contributed by atoms with Crippen LogP contribution in [0, 0.1) is 0 Å². The second-order valence-corrected chi connectivity index (χ2v) is 3.80. The number of hydrogen-bond donors (Lipinski definition) is 1. The highest BCUT2D eigenvalue weighted by Gasteiger charge is 2.12. The molecular weight excluding hydrogens is 242 g/mol. The second-order valence-electron chi connectivity index (χ2n) is 3.39. The van der Waals surface area contributed by atoms with Crippen LogP contribution in [0.2, 0.25) is 5.02 Å². The molecule has 2 rings (SSSR count). The van der Waals surface area contributed by atoms with Gasteiger partial charge in [0, 0.05) is 12.3 Å². The van der Waals surface area contributed by atoms with E-state index in [0.29, 0.717) is 41.2 Å². The van der Waals surface area contributed by atoms with Crippen molar-refractivity contribution in [1.29, 1.82) is 0 Å². The normalized spacial score (nSPS) is 10.7. The first-order chi connectivity index (χ1) is 8.20. The monoisotopic (exact) mass is 253 g/mol. The lowest BCUT2D eigenvalue weighted by atomic mass is 10.2. The van der Waals surface area contributed by atoms with Gasteiger partial charge in [0.15, 0.2) is 5.82 Å². The van der Waals surface area contributed by atoms with Gasteiger partial charge in [-0.05, 0) is 25.1 Å². The molecule has 1 heterocycles. The Balaban J connectivity index is 2.27. The van der Waals surface area contributed by atoms with Gasteiger partial charge in [-0.2, -0.15) is 4.98 Å². The highest BCUT2D eigenvalue weighted by Crippen LogP contribution is 2.28. The van der Waals surface area contributed by atoms with Crippen LogP contribution in [0.25, 0.3) is 11.5 Å². The SMILES string of the molecule is CCOCc1noc(-c2cc(N)ccc2Cl)n1. The van der Waals surface area contributed by atoms with Gasteiger partial charge in [0.05, 0.1) is 10.6 Å². The molecule has 0 unspecified atom stereocenters. The number of nitrogen functional groups attached to an aromatic ring is 1. The smallest absolute Gasteiger partial charge is 0.259 e. The summed E-state index contributed by atoms with van der Waals surface area (Å²) in [5, 5.41) is 4.31. The second kappa shape index (κ2) is 5.16. The summed E-state index contributed by atoms with van der Waals surface area (Å²) in [7, 11) is 0. The summed E-state index contributed by atoms with van der Waals surface area (Å²) in [6, 6.07) is 5.10. The van der Waals surface area contributed by atoms with E-state index in [1.165, 1.54) is 0 Å². The molecule has 5 nitrogen and oxygen atoms in total. The van der Waals surface area contributed by atoms with Crippen LogP contribution in [0.5, 0.6) is 0 Å². The van der Waals surface area contributed by atoms with Gasteiger partial charge in [-0.3, -0.25) is 0 Å². The Bertz CT molecular complexity index is 513. The maximum absolute atomic E-state index is 6.03. The zero-order valence-corrected chi connectivity index (χ0v) is 10.1. The van der Waals surface area contributed by atoms with E-state index in [1.54, 1.807) is 18.2 Å². The van der Waals surface area contributed by atoms with Gasteiger partial charge in [0.1, 0.15) is 6.61 Å². The predicted molar refractivity (Wildman–Crippen MR) is 64.5 cm³/mol. The van der Waals surface area contributed by atoms with Crippen molar-refractivity contribution in [2.45, 2.75) is 13.5 Å². The number of nitrogens with zero attached hydrogens (tertiary/aromatic N) is 2. The largest absolute Gasteiger partial charge is 0.399 e. The molecule has 1 aromatic carbocycles. The number of rotatable bonds is 4. The quantitative estimate of drug-likeness (QED) is 0.848. The van der Waals surface area contributed by atoms with Crippen molar-refractivity contribution >= 4 is 17.3 Å². The minimum Gasteiger partial charge on any atom is -0.399 e. The summed E-state index contributed by atoms with van der Waals surface area (Å²) >= 11 is 6.03. The number of hydrogen-bond acceptors (Lipinski definition) is 5. The van der Waals surface area contributed by atoms with Crippen LogP contribution in [-0.4, -0.2) is 16.7 Å². The standard InChI is InChI=1S/C11H12ClN3O2/c1-2-16-6-10-14-11(17-15-10)8-5-7(13)3-4-9(8)12/h3-5H,2,6,13H2,1H3. The molecule has 0 aliphatic carbocycles. The number of anilines is 1. The van der Waals surface area contributed by atoms with Crippen LogP contribution < -0.4 is 5.73 Å². The molecule has 90 valence electrons. The van der Waals surface area contributed by atoms with E-state index in [0.717, 1.165) is 0 Å². The maximum atomic E-state index is 6.03. The lowest BCUT2D eigenvalue weighted by Crippen LogP contribution is -1.93. The van der Waals surface area contributed by atoms with Crippen LogP contribution in [0.15, 0.2) is 22.7 Å². The maximum Gasteiger partial charge on any atom is 0.259 e. The van der Waals surface area contributed by atoms with Gasteiger partial charge in [0.2, 0.25) is 0 Å². The molecular formula is C11H12ClN3O2. The van der Waals surface area contributed by atoms with Crippen molar-refractivity contribution < 1.29 is 9.26 Å². The van der Waals surface area contributed by atoms with Crippen molar-refractivity contribution in [3.63, 3.8) is 0 Å². The van der Waals surface area contributed by atoms with Crippen molar-refractivity contribution in [2.24, 2.45) is 0 Å². The third-order valence-corrected chi connectivity index (χ3v) is 2.45. The average Bonchev–Trinajstić information content (AvgIpc) is 2.78. The molecule has 6 heteroatoms. The van der Waals surface area contributed by atoms with Crippen LogP contribution in [0.3, 0.4) is 0 Å². The Hall–Kier alpha value is -1.59. The van der Waals surface area contributed by atoms with Gasteiger partial charge in [-0.15, -0.1) is 0 Å². The van der Waals surface area contributed by atoms with Gasteiger partial charge in [0.25, 0.3) is 5.89 Å². The number of benzene rings is 1. The van der Waals surface area contributed by atoms with Crippen molar-refractivity contribution in [3.8, 4) is 11.5 Å². The summed E-state index contributed by atoms with van der Waals surface area (Å²) in [4.78, 5) is 4.18. The molecule has 0 fully saturated rings. The van der Waals surface area contributed by atoms with E-state index in [-0.39, 0.29) is 0 Å². The van der Waals surface area contributed by atoms with Crippen LogP contribution >= 0.6 is 11.6 Å². The molecule has 0 aliphatic heterocycles. The van der Waals surface area contributed by atoms with Gasteiger partial charge >= 0.3 is 0 Å². The first-order valence-corrected chi connectivity index (χ1v) is 5.54. The minimum atomic E-state index is 0.319. The number of nitrogens with two attached hydrogens (primary N) is 1. The van der Waals surface area contributed by atoms with E-state index in [1.807, 2.05) is 6.92 Å². The lowest BCUT2D eigenvalue weighted by Gasteiger charge is -1.99. The fraction of sp³-hybridized carbons (Fsp3) is 0.273. The van der Waals surface area contributed by atoms with Crippen molar-refractivity contribution in [3.05, 3.63) is 29.0 Å². The van der Waals surface area contributed by atoms with Crippen LogP contribution in [0.4, 0.5) is 5.69 Å². The van der Waals surface area contributed by atoms with Gasteiger partial charge in [-0.1, -0.05) is 16.8 Å². The molecule has 0 bridgehead atoms. The molecule has 0 aliphatic rings. The highest BCUT2D eigenvalue weighted by molar-refractivity contribution is 6.33. The molecule has 0 amide bonds. The van der Waals surface area contributed by atoms with E-state index in [9.17, 15) is 0 Å². The first-order valence-electron chi connectivity index (χ1n) is 5.16. The molecule has 0 atom stereocenters. The Labute approximate surface area is 104 Å². The van der Waals surface area contributed by atoms with E-state index in [2.05, 4.69) is 10.1 Å². The molecule has 0 saturated heterocycles. The predicted octanol–water partition coefficient (Wildman–Crippen LogP) is 2.51. The van der Waals surface area contributed by atoms with E-state index in [4.69, 9.17) is 26.6 Å². The zero-order valence-electron chi connectivity index (χ0n) is 9.31. The van der Waals surface area contributed by atoms with Crippen molar-refractivity contribution in [1.82, 2.24) is 10.1 Å².